The van der Waals surface area contributed by atoms with Crippen LogP contribution in [0.15, 0.2) is 71.6 Å². The van der Waals surface area contributed by atoms with Crippen molar-refractivity contribution in [3.8, 4) is 11.4 Å². The largest absolute Gasteiger partial charge is 0.478 e. The van der Waals surface area contributed by atoms with Crippen LogP contribution in [0, 0.1) is 6.92 Å². The highest BCUT2D eigenvalue weighted by Crippen LogP contribution is 2.24. The number of benzene rings is 3. The fourth-order valence-corrected chi connectivity index (χ4v) is 3.97. The Balaban J connectivity index is 1.58. The fraction of sp³-hybridized carbons (Fsp3) is 0.0476. The molecular weight excluding hydrogens is 390 g/mol. The Morgan fingerprint density at radius 2 is 1.69 bits per heavy atom. The third-order valence-corrected chi connectivity index (χ3v) is 5.87. The third kappa shape index (κ3) is 3.83. The van der Waals surface area contributed by atoms with Crippen LogP contribution >= 0.6 is 0 Å². The van der Waals surface area contributed by atoms with E-state index in [1.165, 1.54) is 12.1 Å². The lowest BCUT2D eigenvalue weighted by Gasteiger charge is -2.08. The van der Waals surface area contributed by atoms with Crippen molar-refractivity contribution in [2.75, 3.05) is 4.72 Å². The minimum Gasteiger partial charge on any atom is -0.478 e. The number of carbonyl (C=O) groups is 1. The van der Waals surface area contributed by atoms with Gasteiger partial charge in [0.1, 0.15) is 5.82 Å². The van der Waals surface area contributed by atoms with E-state index >= 15 is 0 Å². The molecule has 0 spiro atoms. The third-order valence-electron chi connectivity index (χ3n) is 4.47. The number of rotatable bonds is 5. The second kappa shape index (κ2) is 7.06. The van der Waals surface area contributed by atoms with Crippen LogP contribution in [0.25, 0.3) is 22.4 Å². The van der Waals surface area contributed by atoms with Crippen LogP contribution in [0.2, 0.25) is 0 Å². The molecule has 4 aromatic rings. The Kier molecular flexibility index (Phi) is 4.56. The molecule has 4 rings (SSSR count). The summed E-state index contributed by atoms with van der Waals surface area (Å²) in [5.74, 6) is -0.441. The van der Waals surface area contributed by atoms with Crippen molar-refractivity contribution >= 4 is 32.7 Å². The molecule has 0 fully saturated rings. The molecule has 8 heteroatoms. The summed E-state index contributed by atoms with van der Waals surface area (Å²) in [6.07, 6.45) is 0. The molecule has 0 aliphatic heterocycles. The molecule has 0 saturated heterocycles. The highest BCUT2D eigenvalue weighted by molar-refractivity contribution is 7.92. The van der Waals surface area contributed by atoms with E-state index < -0.39 is 16.0 Å². The van der Waals surface area contributed by atoms with Crippen molar-refractivity contribution < 1.29 is 18.3 Å². The minimum atomic E-state index is -3.67. The number of aromatic carboxylic acids is 1. The lowest BCUT2D eigenvalue weighted by molar-refractivity contribution is 0.0697. The zero-order chi connectivity index (χ0) is 20.6. The molecule has 29 heavy (non-hydrogen) atoms. The van der Waals surface area contributed by atoms with Crippen LogP contribution in [-0.4, -0.2) is 29.5 Å². The maximum Gasteiger partial charge on any atom is 0.335 e. The molecule has 0 bridgehead atoms. The van der Waals surface area contributed by atoms with Crippen molar-refractivity contribution in [1.82, 2.24) is 9.97 Å². The molecule has 1 aromatic heterocycles. The number of nitrogens with zero attached hydrogens (tertiary/aromatic N) is 1. The first-order valence-electron chi connectivity index (χ1n) is 8.75. The predicted octanol–water partition coefficient (Wildman–Crippen LogP) is 4.04. The fourth-order valence-electron chi connectivity index (χ4n) is 2.91. The van der Waals surface area contributed by atoms with E-state index in [2.05, 4.69) is 14.7 Å². The van der Waals surface area contributed by atoms with Crippen LogP contribution in [0.3, 0.4) is 0 Å². The smallest absolute Gasteiger partial charge is 0.335 e. The highest BCUT2D eigenvalue weighted by atomic mass is 32.2. The molecule has 1 heterocycles. The molecule has 7 nitrogen and oxygen atoms in total. The summed E-state index contributed by atoms with van der Waals surface area (Å²) in [6.45, 7) is 1.89. The van der Waals surface area contributed by atoms with Gasteiger partial charge in [0.15, 0.2) is 0 Å². The Hall–Kier alpha value is -3.65. The molecule has 0 aliphatic rings. The van der Waals surface area contributed by atoms with Gasteiger partial charge in [-0.2, -0.15) is 0 Å². The number of carboxylic acid groups (broad SMARTS) is 1. The van der Waals surface area contributed by atoms with Crippen molar-refractivity contribution in [2.24, 2.45) is 0 Å². The molecular formula is C21H17N3O4S. The summed E-state index contributed by atoms with van der Waals surface area (Å²) in [6, 6.07) is 18.1. The molecule has 3 N–H and O–H groups in total. The van der Waals surface area contributed by atoms with Gasteiger partial charge >= 0.3 is 5.97 Å². The maximum absolute atomic E-state index is 12.5. The average molecular weight is 407 g/mol. The molecule has 3 aromatic carbocycles. The summed E-state index contributed by atoms with van der Waals surface area (Å²) in [7, 11) is -3.67. The van der Waals surface area contributed by atoms with Crippen LogP contribution in [-0.2, 0) is 10.0 Å². The molecule has 0 amide bonds. The molecule has 0 radical (unpaired) electrons. The Bertz CT molecular complexity index is 1310. The molecule has 0 atom stereocenters. The summed E-state index contributed by atoms with van der Waals surface area (Å²) in [5.41, 5.74) is 3.59. The summed E-state index contributed by atoms with van der Waals surface area (Å²) >= 11 is 0. The number of aryl methyl sites for hydroxylation is 1. The van der Waals surface area contributed by atoms with Crippen LogP contribution in [0.5, 0.6) is 0 Å². The van der Waals surface area contributed by atoms with Crippen LogP contribution in [0.1, 0.15) is 15.9 Å². The average Bonchev–Trinajstić information content (AvgIpc) is 3.12. The normalized spacial score (nSPS) is 11.5. The molecule has 0 aliphatic carbocycles. The summed E-state index contributed by atoms with van der Waals surface area (Å²) in [4.78, 5) is 18.8. The SMILES string of the molecule is Cc1ccc(S(=O)(=O)Nc2ccc(-c3nc4ccc(C(=O)O)cc4[nH]3)cc2)cc1. The Labute approximate surface area is 167 Å². The molecule has 0 saturated carbocycles. The summed E-state index contributed by atoms with van der Waals surface area (Å²) in [5, 5.41) is 9.10. The van der Waals surface area contributed by atoms with Crippen molar-refractivity contribution in [1.29, 1.82) is 0 Å². The van der Waals surface area contributed by atoms with Gasteiger partial charge in [-0.05, 0) is 61.5 Å². The van der Waals surface area contributed by atoms with Gasteiger partial charge in [-0.15, -0.1) is 0 Å². The maximum atomic E-state index is 12.5. The number of fused-ring (bicyclic) bond motifs is 1. The lowest BCUT2D eigenvalue weighted by Crippen LogP contribution is -2.12. The molecule has 146 valence electrons. The first kappa shape index (κ1) is 18.7. The van der Waals surface area contributed by atoms with E-state index in [4.69, 9.17) is 5.11 Å². The zero-order valence-corrected chi connectivity index (χ0v) is 16.2. The van der Waals surface area contributed by atoms with Gasteiger partial charge in [0.25, 0.3) is 10.0 Å². The first-order chi connectivity index (χ1) is 13.8. The van der Waals surface area contributed by atoms with Gasteiger partial charge in [0.2, 0.25) is 0 Å². The van der Waals surface area contributed by atoms with Crippen LogP contribution in [0.4, 0.5) is 5.69 Å². The lowest BCUT2D eigenvalue weighted by atomic mass is 10.2. The van der Waals surface area contributed by atoms with Crippen molar-refractivity contribution in [3.05, 3.63) is 77.9 Å². The number of hydrogen-bond acceptors (Lipinski definition) is 4. The topological polar surface area (TPSA) is 112 Å². The highest BCUT2D eigenvalue weighted by Gasteiger charge is 2.14. The van der Waals surface area contributed by atoms with Crippen molar-refractivity contribution in [2.45, 2.75) is 11.8 Å². The van der Waals surface area contributed by atoms with E-state index in [0.717, 1.165) is 11.1 Å². The van der Waals surface area contributed by atoms with Gasteiger partial charge in [-0.1, -0.05) is 17.7 Å². The molecule has 0 unspecified atom stereocenters. The number of aromatic amines is 1. The van der Waals surface area contributed by atoms with Gasteiger partial charge in [-0.3, -0.25) is 4.72 Å². The van der Waals surface area contributed by atoms with Gasteiger partial charge in [-0.25, -0.2) is 18.2 Å². The van der Waals surface area contributed by atoms with E-state index in [9.17, 15) is 13.2 Å². The monoisotopic (exact) mass is 407 g/mol. The number of hydrogen-bond donors (Lipinski definition) is 3. The number of H-pyrrole nitrogens is 1. The summed E-state index contributed by atoms with van der Waals surface area (Å²) < 4.78 is 27.5. The van der Waals surface area contributed by atoms with Gasteiger partial charge < -0.3 is 10.1 Å². The van der Waals surface area contributed by atoms with E-state index in [1.54, 1.807) is 54.6 Å². The number of carboxylic acids is 1. The standard InChI is InChI=1S/C21H17N3O4S/c1-13-2-9-17(10-3-13)29(27,28)24-16-7-4-14(5-8-16)20-22-18-11-6-15(21(25)26)12-19(18)23-20/h2-12,24H,1H3,(H,22,23)(H,25,26). The number of sulfonamides is 1. The van der Waals surface area contributed by atoms with E-state index in [0.29, 0.717) is 22.5 Å². The predicted molar refractivity (Wildman–Crippen MR) is 110 cm³/mol. The minimum absolute atomic E-state index is 0.175. The Morgan fingerprint density at radius 3 is 2.34 bits per heavy atom. The number of anilines is 1. The van der Waals surface area contributed by atoms with Crippen LogP contribution < -0.4 is 4.72 Å². The first-order valence-corrected chi connectivity index (χ1v) is 10.2. The second-order valence-electron chi connectivity index (χ2n) is 6.62. The van der Waals surface area contributed by atoms with Crippen molar-refractivity contribution in [3.63, 3.8) is 0 Å². The van der Waals surface area contributed by atoms with Gasteiger partial charge in [0, 0.05) is 11.3 Å². The van der Waals surface area contributed by atoms with Gasteiger partial charge in [0.05, 0.1) is 21.5 Å². The second-order valence-corrected chi connectivity index (χ2v) is 8.30. The quantitative estimate of drug-likeness (QED) is 0.462. The van der Waals surface area contributed by atoms with E-state index in [1.807, 2.05) is 6.92 Å². The zero-order valence-electron chi connectivity index (χ0n) is 15.4. The Morgan fingerprint density at radius 1 is 1.00 bits per heavy atom. The van der Waals surface area contributed by atoms with E-state index in [-0.39, 0.29) is 10.5 Å². The number of aromatic nitrogens is 2. The number of nitrogens with one attached hydrogen (secondary N) is 2. The number of imidazole rings is 1.